The average Bonchev–Trinajstić information content (AvgIpc) is 2.29. The van der Waals surface area contributed by atoms with Crippen molar-refractivity contribution in [3.63, 3.8) is 0 Å². The van der Waals surface area contributed by atoms with E-state index in [1.54, 1.807) is 0 Å². The van der Waals surface area contributed by atoms with Gasteiger partial charge in [-0.3, -0.25) is 4.90 Å². The summed E-state index contributed by atoms with van der Waals surface area (Å²) in [6.45, 7) is 11.7. The standard InChI is InChI=1S/C13H28N2S/c1-6-10(2)13-8-15(11(3)7-14-13)12(4)9-16-5/h10-14H,6-9H2,1-5H3. The van der Waals surface area contributed by atoms with Crippen molar-refractivity contribution in [2.45, 2.75) is 52.2 Å². The van der Waals surface area contributed by atoms with E-state index in [0.717, 1.165) is 12.5 Å². The van der Waals surface area contributed by atoms with Crippen LogP contribution in [0.4, 0.5) is 0 Å². The van der Waals surface area contributed by atoms with E-state index in [9.17, 15) is 0 Å². The van der Waals surface area contributed by atoms with Crippen molar-refractivity contribution >= 4 is 11.8 Å². The van der Waals surface area contributed by atoms with E-state index in [0.29, 0.717) is 18.1 Å². The Morgan fingerprint density at radius 2 is 2.12 bits per heavy atom. The first-order valence-electron chi connectivity index (χ1n) is 6.58. The Morgan fingerprint density at radius 3 is 2.69 bits per heavy atom. The number of rotatable bonds is 5. The van der Waals surface area contributed by atoms with Gasteiger partial charge >= 0.3 is 0 Å². The van der Waals surface area contributed by atoms with Crippen LogP contribution in [-0.4, -0.2) is 48.1 Å². The van der Waals surface area contributed by atoms with Gasteiger partial charge in [0, 0.05) is 37.0 Å². The fourth-order valence-electron chi connectivity index (χ4n) is 2.53. The second kappa shape index (κ2) is 6.87. The van der Waals surface area contributed by atoms with Crippen LogP contribution in [0.5, 0.6) is 0 Å². The van der Waals surface area contributed by atoms with Crippen LogP contribution in [-0.2, 0) is 0 Å². The number of hydrogen-bond donors (Lipinski definition) is 1. The first kappa shape index (κ1) is 14.3. The van der Waals surface area contributed by atoms with Crippen LogP contribution in [0.15, 0.2) is 0 Å². The summed E-state index contributed by atoms with van der Waals surface area (Å²) >= 11 is 1.96. The molecule has 0 aromatic heterocycles. The van der Waals surface area contributed by atoms with Crippen LogP contribution >= 0.6 is 11.8 Å². The molecule has 0 bridgehead atoms. The summed E-state index contributed by atoms with van der Waals surface area (Å²) in [6.07, 6.45) is 3.48. The second-order valence-corrected chi connectivity index (χ2v) is 6.16. The van der Waals surface area contributed by atoms with Gasteiger partial charge in [0.25, 0.3) is 0 Å². The molecule has 1 heterocycles. The summed E-state index contributed by atoms with van der Waals surface area (Å²) in [5, 5.41) is 3.70. The Balaban J connectivity index is 2.54. The molecular formula is C13H28N2S. The summed E-state index contributed by atoms with van der Waals surface area (Å²) in [7, 11) is 0. The molecule has 1 aliphatic heterocycles. The molecule has 1 fully saturated rings. The van der Waals surface area contributed by atoms with E-state index in [4.69, 9.17) is 0 Å². The van der Waals surface area contributed by atoms with Gasteiger partial charge < -0.3 is 5.32 Å². The van der Waals surface area contributed by atoms with Crippen LogP contribution in [0, 0.1) is 5.92 Å². The summed E-state index contributed by atoms with van der Waals surface area (Å²) in [5.74, 6) is 2.04. The third kappa shape index (κ3) is 3.64. The highest BCUT2D eigenvalue weighted by molar-refractivity contribution is 7.98. The van der Waals surface area contributed by atoms with Crippen LogP contribution in [0.3, 0.4) is 0 Å². The van der Waals surface area contributed by atoms with E-state index < -0.39 is 0 Å². The fourth-order valence-corrected chi connectivity index (χ4v) is 3.20. The molecule has 2 nitrogen and oxygen atoms in total. The van der Waals surface area contributed by atoms with Crippen molar-refractivity contribution in [3.05, 3.63) is 0 Å². The highest BCUT2D eigenvalue weighted by Gasteiger charge is 2.30. The van der Waals surface area contributed by atoms with Gasteiger partial charge in [-0.1, -0.05) is 20.3 Å². The van der Waals surface area contributed by atoms with E-state index in [1.165, 1.54) is 18.7 Å². The molecule has 0 aliphatic carbocycles. The Kier molecular flexibility index (Phi) is 6.16. The largest absolute Gasteiger partial charge is 0.311 e. The average molecular weight is 244 g/mol. The SMILES string of the molecule is CCC(C)C1CN(C(C)CSC)C(C)CN1. The lowest BCUT2D eigenvalue weighted by Gasteiger charge is -2.44. The fraction of sp³-hybridized carbons (Fsp3) is 1.00. The highest BCUT2D eigenvalue weighted by atomic mass is 32.2. The van der Waals surface area contributed by atoms with E-state index >= 15 is 0 Å². The second-order valence-electron chi connectivity index (χ2n) is 5.25. The molecule has 1 aliphatic rings. The minimum atomic E-state index is 0.683. The number of hydrogen-bond acceptors (Lipinski definition) is 3. The molecule has 1 saturated heterocycles. The Bertz CT molecular complexity index is 198. The van der Waals surface area contributed by atoms with Gasteiger partial charge in [-0.2, -0.15) is 11.8 Å². The third-order valence-corrected chi connectivity index (χ3v) is 4.77. The maximum Gasteiger partial charge on any atom is 0.0221 e. The lowest BCUT2D eigenvalue weighted by molar-refractivity contribution is 0.0911. The molecule has 16 heavy (non-hydrogen) atoms. The zero-order valence-corrected chi connectivity index (χ0v) is 12.3. The van der Waals surface area contributed by atoms with Crippen LogP contribution in [0.1, 0.15) is 34.1 Å². The van der Waals surface area contributed by atoms with Gasteiger partial charge in [-0.15, -0.1) is 0 Å². The number of piperazine rings is 1. The lowest BCUT2D eigenvalue weighted by Crippen LogP contribution is -2.60. The van der Waals surface area contributed by atoms with Crippen LogP contribution in [0.2, 0.25) is 0 Å². The van der Waals surface area contributed by atoms with Gasteiger partial charge in [-0.05, 0) is 26.0 Å². The van der Waals surface area contributed by atoms with Crippen molar-refractivity contribution in [2.75, 3.05) is 25.1 Å². The lowest BCUT2D eigenvalue weighted by atomic mass is 9.95. The molecule has 0 amide bonds. The molecule has 96 valence electrons. The molecule has 0 aromatic carbocycles. The van der Waals surface area contributed by atoms with Gasteiger partial charge in [0.1, 0.15) is 0 Å². The zero-order valence-electron chi connectivity index (χ0n) is 11.5. The molecule has 4 atom stereocenters. The molecule has 3 heteroatoms. The van der Waals surface area contributed by atoms with Crippen molar-refractivity contribution < 1.29 is 0 Å². The molecule has 0 aromatic rings. The predicted octanol–water partition coefficient (Wildman–Crippen LogP) is 2.45. The van der Waals surface area contributed by atoms with E-state index in [1.807, 2.05) is 11.8 Å². The first-order chi connectivity index (χ1) is 7.60. The van der Waals surface area contributed by atoms with Crippen molar-refractivity contribution in [1.82, 2.24) is 10.2 Å². The van der Waals surface area contributed by atoms with E-state index in [-0.39, 0.29) is 0 Å². The maximum absolute atomic E-state index is 3.70. The van der Waals surface area contributed by atoms with Crippen LogP contribution in [0.25, 0.3) is 0 Å². The van der Waals surface area contributed by atoms with Gasteiger partial charge in [-0.25, -0.2) is 0 Å². The normalized spacial score (nSPS) is 31.3. The Labute approximate surface area is 106 Å². The molecule has 0 saturated carbocycles. The summed E-state index contributed by atoms with van der Waals surface area (Å²) in [4.78, 5) is 2.68. The summed E-state index contributed by atoms with van der Waals surface area (Å²) in [6, 6.07) is 2.08. The van der Waals surface area contributed by atoms with Crippen molar-refractivity contribution in [1.29, 1.82) is 0 Å². The van der Waals surface area contributed by atoms with Crippen LogP contribution < -0.4 is 5.32 Å². The third-order valence-electron chi connectivity index (χ3n) is 3.95. The molecule has 0 radical (unpaired) electrons. The number of thioether (sulfide) groups is 1. The number of nitrogens with one attached hydrogen (secondary N) is 1. The maximum atomic E-state index is 3.70. The van der Waals surface area contributed by atoms with Gasteiger partial charge in [0.05, 0.1) is 0 Å². The van der Waals surface area contributed by atoms with Gasteiger partial charge in [0.15, 0.2) is 0 Å². The van der Waals surface area contributed by atoms with Crippen molar-refractivity contribution in [3.8, 4) is 0 Å². The van der Waals surface area contributed by atoms with Gasteiger partial charge in [0.2, 0.25) is 0 Å². The molecule has 4 unspecified atom stereocenters. The zero-order chi connectivity index (χ0) is 12.1. The Hall–Kier alpha value is 0.270. The molecular weight excluding hydrogens is 216 g/mol. The minimum Gasteiger partial charge on any atom is -0.311 e. The summed E-state index contributed by atoms with van der Waals surface area (Å²) in [5.41, 5.74) is 0. The van der Waals surface area contributed by atoms with E-state index in [2.05, 4.69) is 44.2 Å². The predicted molar refractivity (Wildman–Crippen MR) is 75.3 cm³/mol. The quantitative estimate of drug-likeness (QED) is 0.800. The molecule has 1 N–H and O–H groups in total. The molecule has 0 spiro atoms. The monoisotopic (exact) mass is 244 g/mol. The summed E-state index contributed by atoms with van der Waals surface area (Å²) < 4.78 is 0. The molecule has 1 rings (SSSR count). The van der Waals surface area contributed by atoms with Crippen molar-refractivity contribution in [2.24, 2.45) is 5.92 Å². The number of nitrogens with zero attached hydrogens (tertiary/aromatic N) is 1. The smallest absolute Gasteiger partial charge is 0.0221 e. The minimum absolute atomic E-state index is 0.683. The highest BCUT2D eigenvalue weighted by Crippen LogP contribution is 2.18. The topological polar surface area (TPSA) is 15.3 Å². The Morgan fingerprint density at radius 1 is 1.44 bits per heavy atom. The first-order valence-corrected chi connectivity index (χ1v) is 7.97.